The Morgan fingerprint density at radius 3 is 3.10 bits per heavy atom. The summed E-state index contributed by atoms with van der Waals surface area (Å²) in [5.74, 6) is 5.29. The Balaban J connectivity index is 2.64. The molecular weight excluding hydrogens is 146 g/mol. The van der Waals surface area contributed by atoms with E-state index in [1.54, 1.807) is 17.5 Å². The normalized spacial score (nSPS) is 13.4. The molecule has 1 aromatic rings. The van der Waals surface area contributed by atoms with Crippen molar-refractivity contribution in [2.45, 2.75) is 19.4 Å². The van der Waals surface area contributed by atoms with Crippen molar-refractivity contribution in [3.63, 3.8) is 0 Å². The maximum absolute atomic E-state index is 5.29. The van der Waals surface area contributed by atoms with Crippen molar-refractivity contribution in [2.75, 3.05) is 0 Å². The molecule has 3 nitrogen and oxygen atoms in total. The first-order valence-corrected chi connectivity index (χ1v) is 4.12. The highest BCUT2D eigenvalue weighted by molar-refractivity contribution is 7.09. The molecule has 10 heavy (non-hydrogen) atoms. The van der Waals surface area contributed by atoms with Crippen LogP contribution in [0.25, 0.3) is 0 Å². The Kier molecular flexibility index (Phi) is 2.80. The number of hydrazine groups is 1. The molecule has 1 atom stereocenters. The van der Waals surface area contributed by atoms with Crippen LogP contribution in [0, 0.1) is 0 Å². The van der Waals surface area contributed by atoms with Crippen molar-refractivity contribution in [2.24, 2.45) is 5.84 Å². The van der Waals surface area contributed by atoms with Gasteiger partial charge in [-0.2, -0.15) is 0 Å². The van der Waals surface area contributed by atoms with Crippen LogP contribution >= 0.6 is 11.3 Å². The second kappa shape index (κ2) is 3.65. The number of hydrogen-bond donors (Lipinski definition) is 2. The van der Waals surface area contributed by atoms with Crippen LogP contribution in [0.1, 0.15) is 24.4 Å². The van der Waals surface area contributed by atoms with Crippen LogP contribution in [0.5, 0.6) is 0 Å². The Bertz CT molecular complexity index is 169. The van der Waals surface area contributed by atoms with Gasteiger partial charge in [-0.1, -0.05) is 6.92 Å². The van der Waals surface area contributed by atoms with Crippen molar-refractivity contribution < 1.29 is 0 Å². The van der Waals surface area contributed by atoms with Gasteiger partial charge in [-0.15, -0.1) is 11.3 Å². The second-order valence-corrected chi connectivity index (χ2v) is 2.92. The molecule has 0 aliphatic rings. The summed E-state index contributed by atoms with van der Waals surface area (Å²) in [6.45, 7) is 2.08. The molecule has 0 radical (unpaired) electrons. The van der Waals surface area contributed by atoms with Crippen LogP contribution in [0.4, 0.5) is 0 Å². The van der Waals surface area contributed by atoms with Crippen LogP contribution in [0.15, 0.2) is 11.6 Å². The van der Waals surface area contributed by atoms with Crippen molar-refractivity contribution in [1.82, 2.24) is 10.4 Å². The Hall–Kier alpha value is -0.450. The first-order valence-electron chi connectivity index (χ1n) is 3.24. The van der Waals surface area contributed by atoms with Gasteiger partial charge in [0.2, 0.25) is 0 Å². The predicted octanol–water partition coefficient (Wildman–Crippen LogP) is 1.06. The molecule has 4 heteroatoms. The number of hydrogen-bond acceptors (Lipinski definition) is 4. The van der Waals surface area contributed by atoms with E-state index in [0.717, 1.165) is 11.4 Å². The summed E-state index contributed by atoms with van der Waals surface area (Å²) in [5.41, 5.74) is 2.70. The van der Waals surface area contributed by atoms with Gasteiger partial charge in [-0.25, -0.2) is 4.98 Å². The van der Waals surface area contributed by atoms with Crippen LogP contribution in [-0.2, 0) is 0 Å². The molecule has 0 aliphatic heterocycles. The van der Waals surface area contributed by atoms with E-state index in [4.69, 9.17) is 5.84 Å². The first-order chi connectivity index (χ1) is 4.88. The minimum Gasteiger partial charge on any atom is -0.271 e. The number of rotatable bonds is 3. The molecule has 0 aromatic carbocycles. The molecule has 0 saturated heterocycles. The standard InChI is InChI=1S/C6H11N3S/c1-2-5(9-7)6-8-3-4-10-6/h3-5,9H,2,7H2,1H3. The second-order valence-electron chi connectivity index (χ2n) is 2.00. The summed E-state index contributed by atoms with van der Waals surface area (Å²) < 4.78 is 0. The van der Waals surface area contributed by atoms with E-state index in [1.165, 1.54) is 0 Å². The minimum absolute atomic E-state index is 0.222. The summed E-state index contributed by atoms with van der Waals surface area (Å²) in [6, 6.07) is 0.222. The van der Waals surface area contributed by atoms with Crippen LogP contribution in [0.2, 0.25) is 0 Å². The van der Waals surface area contributed by atoms with Crippen molar-refractivity contribution in [3.05, 3.63) is 16.6 Å². The van der Waals surface area contributed by atoms with Gasteiger partial charge in [-0.3, -0.25) is 11.3 Å². The molecule has 1 unspecified atom stereocenters. The molecule has 0 amide bonds. The summed E-state index contributed by atoms with van der Waals surface area (Å²) in [7, 11) is 0. The highest BCUT2D eigenvalue weighted by Gasteiger charge is 2.07. The Morgan fingerprint density at radius 1 is 1.90 bits per heavy atom. The number of aromatic nitrogens is 1. The largest absolute Gasteiger partial charge is 0.271 e. The molecule has 0 saturated carbocycles. The molecule has 1 rings (SSSR count). The summed E-state index contributed by atoms with van der Waals surface area (Å²) >= 11 is 1.63. The maximum Gasteiger partial charge on any atom is 0.111 e. The van der Waals surface area contributed by atoms with Gasteiger partial charge in [-0.05, 0) is 6.42 Å². The summed E-state index contributed by atoms with van der Waals surface area (Å²) in [4.78, 5) is 4.13. The zero-order chi connectivity index (χ0) is 7.40. The SMILES string of the molecule is CCC(NN)c1nccs1. The van der Waals surface area contributed by atoms with Gasteiger partial charge in [0.05, 0.1) is 6.04 Å². The van der Waals surface area contributed by atoms with Crippen molar-refractivity contribution >= 4 is 11.3 Å². The fraction of sp³-hybridized carbons (Fsp3) is 0.500. The maximum atomic E-state index is 5.29. The molecule has 0 spiro atoms. The molecular formula is C6H11N3S. The zero-order valence-electron chi connectivity index (χ0n) is 5.87. The average molecular weight is 157 g/mol. The van der Waals surface area contributed by atoms with Gasteiger partial charge in [0.25, 0.3) is 0 Å². The van der Waals surface area contributed by atoms with Gasteiger partial charge >= 0.3 is 0 Å². The fourth-order valence-corrected chi connectivity index (χ4v) is 1.55. The van der Waals surface area contributed by atoms with E-state index in [2.05, 4.69) is 17.3 Å². The van der Waals surface area contributed by atoms with Crippen LogP contribution in [0.3, 0.4) is 0 Å². The van der Waals surface area contributed by atoms with Crippen molar-refractivity contribution in [3.8, 4) is 0 Å². The zero-order valence-corrected chi connectivity index (χ0v) is 6.69. The molecule has 0 aliphatic carbocycles. The lowest BCUT2D eigenvalue weighted by Gasteiger charge is -2.08. The molecule has 1 aromatic heterocycles. The molecule has 3 N–H and O–H groups in total. The van der Waals surface area contributed by atoms with E-state index in [1.807, 2.05) is 5.38 Å². The predicted molar refractivity (Wildman–Crippen MR) is 42.5 cm³/mol. The third-order valence-corrected chi connectivity index (χ3v) is 2.25. The Morgan fingerprint density at radius 2 is 2.70 bits per heavy atom. The Labute approximate surface area is 64.2 Å². The highest BCUT2D eigenvalue weighted by Crippen LogP contribution is 2.16. The summed E-state index contributed by atoms with van der Waals surface area (Å²) in [5, 5.41) is 3.01. The summed E-state index contributed by atoms with van der Waals surface area (Å²) in [6.07, 6.45) is 2.77. The smallest absolute Gasteiger partial charge is 0.111 e. The molecule has 0 fully saturated rings. The quantitative estimate of drug-likeness (QED) is 0.509. The van der Waals surface area contributed by atoms with E-state index in [-0.39, 0.29) is 6.04 Å². The third-order valence-electron chi connectivity index (χ3n) is 1.36. The topological polar surface area (TPSA) is 50.9 Å². The number of nitrogens with one attached hydrogen (secondary N) is 1. The monoisotopic (exact) mass is 157 g/mol. The lowest BCUT2D eigenvalue weighted by atomic mass is 10.2. The lowest BCUT2D eigenvalue weighted by Crippen LogP contribution is -2.27. The van der Waals surface area contributed by atoms with Gasteiger partial charge < -0.3 is 0 Å². The van der Waals surface area contributed by atoms with E-state index in [9.17, 15) is 0 Å². The average Bonchev–Trinajstić information content (AvgIpc) is 2.43. The fourth-order valence-electron chi connectivity index (χ4n) is 0.770. The molecule has 0 bridgehead atoms. The number of nitrogens with zero attached hydrogens (tertiary/aromatic N) is 1. The number of thiazole rings is 1. The van der Waals surface area contributed by atoms with Crippen molar-refractivity contribution in [1.29, 1.82) is 0 Å². The van der Waals surface area contributed by atoms with Gasteiger partial charge in [0.1, 0.15) is 5.01 Å². The highest BCUT2D eigenvalue weighted by atomic mass is 32.1. The first kappa shape index (κ1) is 7.65. The van der Waals surface area contributed by atoms with Gasteiger partial charge in [0, 0.05) is 11.6 Å². The van der Waals surface area contributed by atoms with Crippen LogP contribution in [-0.4, -0.2) is 4.98 Å². The molecule has 1 heterocycles. The molecule has 56 valence electrons. The minimum atomic E-state index is 0.222. The van der Waals surface area contributed by atoms with E-state index < -0.39 is 0 Å². The van der Waals surface area contributed by atoms with E-state index >= 15 is 0 Å². The lowest BCUT2D eigenvalue weighted by molar-refractivity contribution is 0.536. The van der Waals surface area contributed by atoms with Crippen LogP contribution < -0.4 is 11.3 Å². The third kappa shape index (κ3) is 1.53. The number of nitrogens with two attached hydrogens (primary N) is 1. The van der Waals surface area contributed by atoms with E-state index in [0.29, 0.717) is 0 Å². The van der Waals surface area contributed by atoms with Gasteiger partial charge in [0.15, 0.2) is 0 Å².